The van der Waals surface area contributed by atoms with Crippen LogP contribution in [0.3, 0.4) is 0 Å². The molecular formula is C18H19N3O. The molecule has 2 aromatic carbocycles. The molecule has 4 heteroatoms. The van der Waals surface area contributed by atoms with Gasteiger partial charge in [-0.1, -0.05) is 35.9 Å². The van der Waals surface area contributed by atoms with Crippen molar-refractivity contribution < 1.29 is 4.79 Å². The van der Waals surface area contributed by atoms with Gasteiger partial charge in [-0.15, -0.1) is 0 Å². The monoisotopic (exact) mass is 293 g/mol. The molecule has 2 aromatic rings. The molecule has 0 saturated heterocycles. The predicted octanol–water partition coefficient (Wildman–Crippen LogP) is 2.99. The van der Waals surface area contributed by atoms with Gasteiger partial charge < -0.3 is 4.90 Å². The van der Waals surface area contributed by atoms with E-state index in [1.807, 2.05) is 18.2 Å². The van der Waals surface area contributed by atoms with Gasteiger partial charge in [-0.3, -0.25) is 15.1 Å². The van der Waals surface area contributed by atoms with E-state index in [9.17, 15) is 4.79 Å². The Balaban J connectivity index is 1.80. The Hall–Kier alpha value is -2.62. The topological polar surface area (TPSA) is 44.7 Å². The first kappa shape index (κ1) is 14.3. The molecule has 4 nitrogen and oxygen atoms in total. The number of aliphatic imine (C=N–C) groups is 1. The molecule has 0 spiro atoms. The molecule has 0 saturated carbocycles. The summed E-state index contributed by atoms with van der Waals surface area (Å²) in [6.07, 6.45) is 0.985. The number of rotatable bonds is 2. The van der Waals surface area contributed by atoms with Gasteiger partial charge >= 0.3 is 0 Å². The second-order valence-electron chi connectivity index (χ2n) is 5.37. The molecule has 1 heterocycles. The highest BCUT2D eigenvalue weighted by Gasteiger charge is 2.19. The third kappa shape index (κ3) is 3.17. The van der Waals surface area contributed by atoms with E-state index in [1.54, 1.807) is 12.1 Å². The number of nitrogens with one attached hydrogen (secondary N) is 1. The van der Waals surface area contributed by atoms with Crippen LogP contribution in [0.15, 0.2) is 59.6 Å². The molecule has 0 fully saturated rings. The fraction of sp³-hybridized carbons (Fsp3) is 0.222. The van der Waals surface area contributed by atoms with Crippen LogP contribution in [0.5, 0.6) is 0 Å². The highest BCUT2D eigenvalue weighted by molar-refractivity contribution is 6.11. The Morgan fingerprint density at radius 1 is 1.09 bits per heavy atom. The van der Waals surface area contributed by atoms with Crippen LogP contribution in [0.1, 0.15) is 22.3 Å². The molecule has 1 aliphatic rings. The quantitative estimate of drug-likeness (QED) is 0.925. The molecule has 0 aliphatic carbocycles. The number of carbonyl (C=O) groups is 1. The second-order valence-corrected chi connectivity index (χ2v) is 5.37. The van der Waals surface area contributed by atoms with Crippen molar-refractivity contribution in [3.63, 3.8) is 0 Å². The van der Waals surface area contributed by atoms with Gasteiger partial charge in [0.2, 0.25) is 5.96 Å². The molecular weight excluding hydrogens is 274 g/mol. The van der Waals surface area contributed by atoms with Gasteiger partial charge in [0, 0.05) is 24.3 Å². The number of aryl methyl sites for hydroxylation is 1. The smallest absolute Gasteiger partial charge is 0.257 e. The predicted molar refractivity (Wildman–Crippen MR) is 89.4 cm³/mol. The molecule has 0 atom stereocenters. The minimum atomic E-state index is -0.127. The maximum atomic E-state index is 12.3. The number of hydrogen-bond donors (Lipinski definition) is 1. The van der Waals surface area contributed by atoms with Crippen molar-refractivity contribution in [1.29, 1.82) is 0 Å². The highest BCUT2D eigenvalue weighted by Crippen LogP contribution is 2.18. The summed E-state index contributed by atoms with van der Waals surface area (Å²) in [5.41, 5.74) is 2.91. The molecule has 22 heavy (non-hydrogen) atoms. The fourth-order valence-corrected chi connectivity index (χ4v) is 2.45. The number of guanidine groups is 1. The molecule has 1 aliphatic heterocycles. The summed E-state index contributed by atoms with van der Waals surface area (Å²) in [7, 11) is 0. The summed E-state index contributed by atoms with van der Waals surface area (Å²) < 4.78 is 0. The Morgan fingerprint density at radius 2 is 1.82 bits per heavy atom. The lowest BCUT2D eigenvalue weighted by Crippen LogP contribution is -2.47. The Kier molecular flexibility index (Phi) is 4.19. The normalized spacial score (nSPS) is 14.4. The second kappa shape index (κ2) is 6.43. The number of benzene rings is 2. The van der Waals surface area contributed by atoms with Crippen molar-refractivity contribution in [2.75, 3.05) is 18.0 Å². The van der Waals surface area contributed by atoms with Crippen LogP contribution in [0, 0.1) is 6.92 Å². The third-order valence-corrected chi connectivity index (χ3v) is 3.66. The van der Waals surface area contributed by atoms with Crippen molar-refractivity contribution >= 4 is 17.6 Å². The van der Waals surface area contributed by atoms with E-state index in [2.05, 4.69) is 46.4 Å². The van der Waals surface area contributed by atoms with E-state index in [0.29, 0.717) is 11.5 Å². The molecule has 0 aromatic heterocycles. The van der Waals surface area contributed by atoms with Crippen LogP contribution in [-0.4, -0.2) is 25.0 Å². The summed E-state index contributed by atoms with van der Waals surface area (Å²) in [5, 5.41) is 2.94. The molecule has 1 amide bonds. The Morgan fingerprint density at radius 3 is 2.55 bits per heavy atom. The van der Waals surface area contributed by atoms with Gasteiger partial charge in [0.1, 0.15) is 0 Å². The van der Waals surface area contributed by atoms with Crippen molar-refractivity contribution in [3.05, 3.63) is 65.7 Å². The summed E-state index contributed by atoms with van der Waals surface area (Å²) >= 11 is 0. The highest BCUT2D eigenvalue weighted by atomic mass is 16.1. The van der Waals surface area contributed by atoms with Crippen molar-refractivity contribution in [1.82, 2.24) is 5.32 Å². The van der Waals surface area contributed by atoms with Crippen molar-refractivity contribution in [2.45, 2.75) is 13.3 Å². The van der Waals surface area contributed by atoms with Gasteiger partial charge in [-0.2, -0.15) is 0 Å². The molecule has 0 unspecified atom stereocenters. The lowest BCUT2D eigenvalue weighted by Gasteiger charge is -2.29. The summed E-state index contributed by atoms with van der Waals surface area (Å²) in [4.78, 5) is 18.9. The van der Waals surface area contributed by atoms with Crippen LogP contribution in [0.25, 0.3) is 0 Å². The lowest BCUT2D eigenvalue weighted by atomic mass is 10.2. The van der Waals surface area contributed by atoms with Crippen molar-refractivity contribution in [3.8, 4) is 0 Å². The van der Waals surface area contributed by atoms with Gasteiger partial charge in [0.05, 0.1) is 0 Å². The first-order chi connectivity index (χ1) is 10.7. The van der Waals surface area contributed by atoms with Gasteiger partial charge in [-0.25, -0.2) is 0 Å². The van der Waals surface area contributed by atoms with E-state index in [1.165, 1.54) is 5.56 Å². The molecule has 0 radical (unpaired) electrons. The van der Waals surface area contributed by atoms with E-state index in [-0.39, 0.29) is 5.91 Å². The summed E-state index contributed by atoms with van der Waals surface area (Å²) in [6.45, 7) is 3.66. The minimum absolute atomic E-state index is 0.127. The molecule has 112 valence electrons. The number of anilines is 1. The van der Waals surface area contributed by atoms with E-state index < -0.39 is 0 Å². The van der Waals surface area contributed by atoms with E-state index in [4.69, 9.17) is 0 Å². The maximum Gasteiger partial charge on any atom is 0.257 e. The Labute approximate surface area is 130 Å². The zero-order chi connectivity index (χ0) is 15.4. The van der Waals surface area contributed by atoms with Gasteiger partial charge in [-0.05, 0) is 37.6 Å². The first-order valence-electron chi connectivity index (χ1n) is 7.49. The van der Waals surface area contributed by atoms with Crippen molar-refractivity contribution in [2.24, 2.45) is 4.99 Å². The standard InChI is InChI=1S/C18H19N3O/c1-14-8-10-16(11-9-14)21-13-5-12-19-18(21)20-17(22)15-6-3-2-4-7-15/h2-4,6-11H,5,12-13H2,1H3,(H,19,20,22). The van der Waals surface area contributed by atoms with Gasteiger partial charge in [0.15, 0.2) is 0 Å². The SMILES string of the molecule is Cc1ccc(N2CCCN=C2NC(=O)c2ccccc2)cc1. The summed E-state index contributed by atoms with van der Waals surface area (Å²) in [5.74, 6) is 0.502. The maximum absolute atomic E-state index is 12.3. The van der Waals surface area contributed by atoms with Crippen LogP contribution >= 0.6 is 0 Å². The van der Waals surface area contributed by atoms with Crippen LogP contribution in [-0.2, 0) is 0 Å². The molecule has 3 rings (SSSR count). The average Bonchev–Trinajstić information content (AvgIpc) is 2.57. The van der Waals surface area contributed by atoms with Crippen LogP contribution in [0.2, 0.25) is 0 Å². The minimum Gasteiger partial charge on any atom is -0.312 e. The average molecular weight is 293 g/mol. The zero-order valence-electron chi connectivity index (χ0n) is 12.6. The number of amides is 1. The number of hydrogen-bond acceptors (Lipinski definition) is 3. The first-order valence-corrected chi connectivity index (χ1v) is 7.49. The van der Waals surface area contributed by atoms with Crippen LogP contribution < -0.4 is 10.2 Å². The lowest BCUT2D eigenvalue weighted by molar-refractivity contribution is 0.0976. The van der Waals surface area contributed by atoms with Crippen LogP contribution in [0.4, 0.5) is 5.69 Å². The number of carbonyl (C=O) groups excluding carboxylic acids is 1. The third-order valence-electron chi connectivity index (χ3n) is 3.66. The van der Waals surface area contributed by atoms with E-state index in [0.717, 1.165) is 25.2 Å². The largest absolute Gasteiger partial charge is 0.312 e. The molecule has 0 bridgehead atoms. The van der Waals surface area contributed by atoms with Gasteiger partial charge in [0.25, 0.3) is 5.91 Å². The fourth-order valence-electron chi connectivity index (χ4n) is 2.45. The zero-order valence-corrected chi connectivity index (χ0v) is 12.6. The molecule has 1 N–H and O–H groups in total. The van der Waals surface area contributed by atoms with E-state index >= 15 is 0 Å². The number of nitrogens with zero attached hydrogens (tertiary/aromatic N) is 2. The Bertz CT molecular complexity index is 677. The summed E-state index contributed by atoms with van der Waals surface area (Å²) in [6, 6.07) is 17.5.